The number of carbonyl (C=O) groups is 1. The van der Waals surface area contributed by atoms with E-state index >= 15 is 0 Å². The molecule has 0 saturated carbocycles. The molecule has 0 spiro atoms. The van der Waals surface area contributed by atoms with Crippen LogP contribution in [0.3, 0.4) is 0 Å². The molecule has 0 N–H and O–H groups in total. The van der Waals surface area contributed by atoms with E-state index in [-0.39, 0.29) is 12.5 Å². The summed E-state index contributed by atoms with van der Waals surface area (Å²) in [6.07, 6.45) is 3.20. The van der Waals surface area contributed by atoms with E-state index in [0.29, 0.717) is 22.7 Å². The van der Waals surface area contributed by atoms with Gasteiger partial charge in [-0.05, 0) is 19.1 Å². The van der Waals surface area contributed by atoms with Gasteiger partial charge in [-0.2, -0.15) is 0 Å². The Morgan fingerprint density at radius 1 is 1.13 bits per heavy atom. The summed E-state index contributed by atoms with van der Waals surface area (Å²) < 4.78 is 10.7. The van der Waals surface area contributed by atoms with Gasteiger partial charge in [-0.1, -0.05) is 12.1 Å². The van der Waals surface area contributed by atoms with E-state index < -0.39 is 5.97 Å². The fraction of sp³-hybridized carbons (Fsp3) is 0.188. The molecule has 116 valence electrons. The van der Waals surface area contributed by atoms with Gasteiger partial charge >= 0.3 is 5.97 Å². The summed E-state index contributed by atoms with van der Waals surface area (Å²) in [5.41, 5.74) is 2.27. The van der Waals surface area contributed by atoms with E-state index in [1.54, 1.807) is 43.6 Å². The number of carbonyl (C=O) groups excluding carboxylic acids is 1. The molecule has 2 heterocycles. The lowest BCUT2D eigenvalue weighted by atomic mass is 10.1. The lowest BCUT2D eigenvalue weighted by Gasteiger charge is -2.07. The number of aryl methyl sites for hydroxylation is 2. The zero-order valence-electron chi connectivity index (χ0n) is 12.7. The van der Waals surface area contributed by atoms with Crippen LogP contribution < -0.4 is 0 Å². The first kappa shape index (κ1) is 14.8. The van der Waals surface area contributed by atoms with Gasteiger partial charge in [0.25, 0.3) is 0 Å². The lowest BCUT2D eigenvalue weighted by molar-refractivity contribution is 0.0468. The molecule has 0 saturated heterocycles. The molecule has 0 unspecified atom stereocenters. The molecule has 0 fully saturated rings. The number of ether oxygens (including phenoxy) is 1. The summed E-state index contributed by atoms with van der Waals surface area (Å²) in [6.45, 7) is 3.57. The van der Waals surface area contributed by atoms with Gasteiger partial charge in [0.15, 0.2) is 0 Å². The standard InChI is InChI=1S/C16H14N4O3/c1-10-7-18-12(8-17-10)9-22-16(21)14-6-4-3-5-13(14)15-20-19-11(2)23-15/h3-8H,9H2,1-2H3. The Labute approximate surface area is 132 Å². The monoisotopic (exact) mass is 310 g/mol. The molecule has 0 atom stereocenters. The minimum absolute atomic E-state index is 0.0449. The van der Waals surface area contributed by atoms with Gasteiger partial charge in [-0.15, -0.1) is 10.2 Å². The van der Waals surface area contributed by atoms with Crippen molar-refractivity contribution in [3.8, 4) is 11.5 Å². The zero-order valence-corrected chi connectivity index (χ0v) is 12.7. The molecule has 2 aromatic heterocycles. The molecule has 0 bridgehead atoms. The Hall–Kier alpha value is -3.09. The Kier molecular flexibility index (Phi) is 4.09. The van der Waals surface area contributed by atoms with Crippen LogP contribution in [0.25, 0.3) is 11.5 Å². The number of benzene rings is 1. The predicted molar refractivity (Wildman–Crippen MR) is 80.4 cm³/mol. The van der Waals surface area contributed by atoms with Crippen molar-refractivity contribution in [2.45, 2.75) is 20.5 Å². The first-order valence-electron chi connectivity index (χ1n) is 6.97. The summed E-state index contributed by atoms with van der Waals surface area (Å²) in [6, 6.07) is 6.92. The van der Waals surface area contributed by atoms with Gasteiger partial charge in [0.1, 0.15) is 6.61 Å². The summed E-state index contributed by atoms with van der Waals surface area (Å²) in [5.74, 6) is 0.224. The van der Waals surface area contributed by atoms with E-state index in [2.05, 4.69) is 20.2 Å². The topological polar surface area (TPSA) is 91.0 Å². The van der Waals surface area contributed by atoms with E-state index in [9.17, 15) is 4.79 Å². The van der Waals surface area contributed by atoms with Crippen LogP contribution in [0.1, 0.15) is 27.6 Å². The second kappa shape index (κ2) is 6.35. The number of aromatic nitrogens is 4. The van der Waals surface area contributed by atoms with Gasteiger partial charge in [0, 0.05) is 13.1 Å². The molecule has 7 nitrogen and oxygen atoms in total. The van der Waals surface area contributed by atoms with Crippen LogP contribution in [0.5, 0.6) is 0 Å². The highest BCUT2D eigenvalue weighted by molar-refractivity contribution is 5.96. The Bertz CT molecular complexity index is 827. The first-order chi connectivity index (χ1) is 11.1. The van der Waals surface area contributed by atoms with Crippen LogP contribution >= 0.6 is 0 Å². The Balaban J connectivity index is 1.78. The van der Waals surface area contributed by atoms with Gasteiger partial charge < -0.3 is 9.15 Å². The summed E-state index contributed by atoms with van der Waals surface area (Å²) in [4.78, 5) is 20.6. The van der Waals surface area contributed by atoms with Crippen molar-refractivity contribution >= 4 is 5.97 Å². The minimum Gasteiger partial charge on any atom is -0.455 e. The van der Waals surface area contributed by atoms with Crippen molar-refractivity contribution in [3.05, 3.63) is 59.5 Å². The molecule has 0 radical (unpaired) electrons. The lowest BCUT2D eigenvalue weighted by Crippen LogP contribution is -2.08. The van der Waals surface area contributed by atoms with Crippen LogP contribution in [-0.2, 0) is 11.3 Å². The molecule has 7 heteroatoms. The highest BCUT2D eigenvalue weighted by Gasteiger charge is 2.17. The molecule has 1 aromatic carbocycles. The highest BCUT2D eigenvalue weighted by atomic mass is 16.5. The van der Waals surface area contributed by atoms with E-state index in [0.717, 1.165) is 5.69 Å². The third-order valence-corrected chi connectivity index (χ3v) is 3.09. The molecule has 0 aliphatic carbocycles. The van der Waals surface area contributed by atoms with E-state index in [1.807, 2.05) is 6.92 Å². The summed E-state index contributed by atoms with van der Waals surface area (Å²) in [5, 5.41) is 7.72. The number of hydrogen-bond donors (Lipinski definition) is 0. The molecule has 3 rings (SSSR count). The summed E-state index contributed by atoms with van der Waals surface area (Å²) >= 11 is 0. The maximum Gasteiger partial charge on any atom is 0.339 e. The third-order valence-electron chi connectivity index (χ3n) is 3.09. The van der Waals surface area contributed by atoms with Crippen LogP contribution in [0.15, 0.2) is 41.1 Å². The third kappa shape index (κ3) is 3.39. The number of nitrogens with zero attached hydrogens (tertiary/aromatic N) is 4. The van der Waals surface area contributed by atoms with Crippen molar-refractivity contribution in [3.63, 3.8) is 0 Å². The molecule has 0 aliphatic heterocycles. The second-order valence-corrected chi connectivity index (χ2v) is 4.90. The second-order valence-electron chi connectivity index (χ2n) is 4.90. The molecular weight excluding hydrogens is 296 g/mol. The fourth-order valence-corrected chi connectivity index (χ4v) is 1.96. The van der Waals surface area contributed by atoms with Crippen LogP contribution in [0.2, 0.25) is 0 Å². The molecule has 0 aliphatic rings. The molecule has 3 aromatic rings. The normalized spacial score (nSPS) is 10.5. The van der Waals surface area contributed by atoms with Crippen molar-refractivity contribution in [1.29, 1.82) is 0 Å². The van der Waals surface area contributed by atoms with E-state index in [1.165, 1.54) is 0 Å². The molecule has 0 amide bonds. The summed E-state index contributed by atoms with van der Waals surface area (Å²) in [7, 11) is 0. The van der Waals surface area contributed by atoms with E-state index in [4.69, 9.17) is 9.15 Å². The van der Waals surface area contributed by atoms with Crippen LogP contribution in [0.4, 0.5) is 0 Å². The molecule has 23 heavy (non-hydrogen) atoms. The van der Waals surface area contributed by atoms with Crippen molar-refractivity contribution < 1.29 is 13.9 Å². The molecular formula is C16H14N4O3. The quantitative estimate of drug-likeness (QED) is 0.684. The average Bonchev–Trinajstić information content (AvgIpc) is 3.00. The number of esters is 1. The SMILES string of the molecule is Cc1cnc(COC(=O)c2ccccc2-c2nnc(C)o2)cn1. The minimum atomic E-state index is -0.487. The number of rotatable bonds is 4. The fourth-order valence-electron chi connectivity index (χ4n) is 1.96. The maximum atomic E-state index is 12.3. The van der Waals surface area contributed by atoms with Crippen LogP contribution in [-0.4, -0.2) is 26.1 Å². The van der Waals surface area contributed by atoms with Crippen molar-refractivity contribution in [1.82, 2.24) is 20.2 Å². The van der Waals surface area contributed by atoms with Gasteiger partial charge in [-0.3, -0.25) is 9.97 Å². The average molecular weight is 310 g/mol. The van der Waals surface area contributed by atoms with Crippen LogP contribution in [0, 0.1) is 13.8 Å². The zero-order chi connectivity index (χ0) is 16.2. The number of hydrogen-bond acceptors (Lipinski definition) is 7. The maximum absolute atomic E-state index is 12.3. The first-order valence-corrected chi connectivity index (χ1v) is 6.97. The van der Waals surface area contributed by atoms with Crippen molar-refractivity contribution in [2.24, 2.45) is 0 Å². The smallest absolute Gasteiger partial charge is 0.339 e. The van der Waals surface area contributed by atoms with Gasteiger partial charge in [0.2, 0.25) is 11.8 Å². The Morgan fingerprint density at radius 2 is 1.96 bits per heavy atom. The highest BCUT2D eigenvalue weighted by Crippen LogP contribution is 2.23. The van der Waals surface area contributed by atoms with Gasteiger partial charge in [0.05, 0.1) is 28.7 Å². The van der Waals surface area contributed by atoms with Gasteiger partial charge in [-0.25, -0.2) is 4.79 Å². The predicted octanol–water partition coefficient (Wildman–Crippen LogP) is 2.50. The Morgan fingerprint density at radius 3 is 2.65 bits per heavy atom. The largest absolute Gasteiger partial charge is 0.455 e. The van der Waals surface area contributed by atoms with Crippen molar-refractivity contribution in [2.75, 3.05) is 0 Å².